The standard InChI is InChI=1S/C20H21ClN4/c1-14-4-3-5-17(10-14)13-23-20-24-15(2)11-19(25-20)22-12-16-6-8-18(21)9-7-16/h3-11H,12-13H2,1-2H3,(H2,22,23,24,25). The van der Waals surface area contributed by atoms with Crippen LogP contribution >= 0.6 is 11.6 Å². The summed E-state index contributed by atoms with van der Waals surface area (Å²) >= 11 is 5.92. The normalized spacial score (nSPS) is 10.5. The van der Waals surface area contributed by atoms with Crippen LogP contribution in [0.25, 0.3) is 0 Å². The maximum atomic E-state index is 5.92. The molecule has 0 bridgehead atoms. The molecule has 1 heterocycles. The molecule has 5 heteroatoms. The molecule has 0 aliphatic carbocycles. The maximum absolute atomic E-state index is 5.92. The predicted molar refractivity (Wildman–Crippen MR) is 104 cm³/mol. The van der Waals surface area contributed by atoms with Crippen LogP contribution in [0.1, 0.15) is 22.4 Å². The van der Waals surface area contributed by atoms with E-state index in [1.54, 1.807) is 0 Å². The van der Waals surface area contributed by atoms with Crippen LogP contribution in [0.15, 0.2) is 54.6 Å². The first-order valence-corrected chi connectivity index (χ1v) is 8.60. The van der Waals surface area contributed by atoms with Crippen LogP contribution in [0.5, 0.6) is 0 Å². The fraction of sp³-hybridized carbons (Fsp3) is 0.200. The third kappa shape index (κ3) is 5.19. The highest BCUT2D eigenvalue weighted by molar-refractivity contribution is 6.30. The molecule has 0 radical (unpaired) electrons. The Kier molecular flexibility index (Phi) is 5.51. The lowest BCUT2D eigenvalue weighted by molar-refractivity contribution is 1.01. The second-order valence-electron chi connectivity index (χ2n) is 6.04. The van der Waals surface area contributed by atoms with Crippen molar-refractivity contribution in [3.05, 3.63) is 82.0 Å². The second kappa shape index (κ2) is 7.99. The van der Waals surface area contributed by atoms with Gasteiger partial charge in [0.1, 0.15) is 5.82 Å². The van der Waals surface area contributed by atoms with Gasteiger partial charge in [-0.25, -0.2) is 4.98 Å². The zero-order valence-corrected chi connectivity index (χ0v) is 15.1. The van der Waals surface area contributed by atoms with Crippen LogP contribution in [-0.4, -0.2) is 9.97 Å². The summed E-state index contributed by atoms with van der Waals surface area (Å²) in [4.78, 5) is 9.00. The number of halogens is 1. The Morgan fingerprint density at radius 3 is 2.36 bits per heavy atom. The lowest BCUT2D eigenvalue weighted by Crippen LogP contribution is -2.08. The van der Waals surface area contributed by atoms with Gasteiger partial charge in [-0.1, -0.05) is 53.6 Å². The molecule has 0 aliphatic heterocycles. The van der Waals surface area contributed by atoms with Crippen LogP contribution in [0, 0.1) is 13.8 Å². The number of benzene rings is 2. The van der Waals surface area contributed by atoms with E-state index < -0.39 is 0 Å². The Balaban J connectivity index is 1.64. The van der Waals surface area contributed by atoms with Gasteiger partial charge in [-0.15, -0.1) is 0 Å². The van der Waals surface area contributed by atoms with Gasteiger partial charge in [-0.2, -0.15) is 4.98 Å². The van der Waals surface area contributed by atoms with E-state index in [2.05, 4.69) is 51.8 Å². The number of aryl methyl sites for hydroxylation is 2. The predicted octanol–water partition coefficient (Wildman–Crippen LogP) is 4.97. The summed E-state index contributed by atoms with van der Waals surface area (Å²) in [6.45, 7) is 5.44. The molecular weight excluding hydrogens is 332 g/mol. The first-order chi connectivity index (χ1) is 12.1. The molecule has 3 rings (SSSR count). The highest BCUT2D eigenvalue weighted by Crippen LogP contribution is 2.14. The zero-order chi connectivity index (χ0) is 17.6. The van der Waals surface area contributed by atoms with Gasteiger partial charge < -0.3 is 10.6 Å². The van der Waals surface area contributed by atoms with E-state index in [1.807, 2.05) is 37.3 Å². The maximum Gasteiger partial charge on any atom is 0.225 e. The van der Waals surface area contributed by atoms with Gasteiger partial charge >= 0.3 is 0 Å². The minimum absolute atomic E-state index is 0.625. The molecule has 1 aromatic heterocycles. The summed E-state index contributed by atoms with van der Waals surface area (Å²) in [5, 5.41) is 7.37. The van der Waals surface area contributed by atoms with Crippen molar-refractivity contribution in [2.24, 2.45) is 0 Å². The highest BCUT2D eigenvalue weighted by atomic mass is 35.5. The third-order valence-corrected chi connectivity index (χ3v) is 4.03. The van der Waals surface area contributed by atoms with Gasteiger partial charge in [0.05, 0.1) is 0 Å². The van der Waals surface area contributed by atoms with Crippen molar-refractivity contribution in [3.63, 3.8) is 0 Å². The zero-order valence-electron chi connectivity index (χ0n) is 14.4. The molecule has 0 spiro atoms. The van der Waals surface area contributed by atoms with Crippen molar-refractivity contribution in [1.82, 2.24) is 9.97 Å². The van der Waals surface area contributed by atoms with Crippen LogP contribution in [0.4, 0.5) is 11.8 Å². The molecule has 4 nitrogen and oxygen atoms in total. The lowest BCUT2D eigenvalue weighted by Gasteiger charge is -2.10. The van der Waals surface area contributed by atoms with Crippen molar-refractivity contribution in [3.8, 4) is 0 Å². The fourth-order valence-electron chi connectivity index (χ4n) is 2.54. The minimum atomic E-state index is 0.625. The first-order valence-electron chi connectivity index (χ1n) is 8.22. The van der Waals surface area contributed by atoms with Gasteiger partial charge in [0.25, 0.3) is 0 Å². The number of rotatable bonds is 6. The second-order valence-corrected chi connectivity index (χ2v) is 6.48. The van der Waals surface area contributed by atoms with Crippen LogP contribution < -0.4 is 10.6 Å². The number of hydrogen-bond acceptors (Lipinski definition) is 4. The topological polar surface area (TPSA) is 49.8 Å². The molecule has 0 fully saturated rings. The van der Waals surface area contributed by atoms with Gasteiger partial charge in [0, 0.05) is 29.9 Å². The van der Waals surface area contributed by atoms with Crippen LogP contribution in [-0.2, 0) is 13.1 Å². The van der Waals surface area contributed by atoms with Gasteiger partial charge in [0.15, 0.2) is 0 Å². The molecule has 2 N–H and O–H groups in total. The monoisotopic (exact) mass is 352 g/mol. The Morgan fingerprint density at radius 2 is 1.60 bits per heavy atom. The minimum Gasteiger partial charge on any atom is -0.366 e. The van der Waals surface area contributed by atoms with Gasteiger partial charge in [0.2, 0.25) is 5.95 Å². The molecule has 0 saturated carbocycles. The lowest BCUT2D eigenvalue weighted by atomic mass is 10.1. The Bertz CT molecular complexity index is 847. The number of nitrogens with one attached hydrogen (secondary N) is 2. The molecule has 0 aliphatic rings. The van der Waals surface area contributed by atoms with E-state index in [0.717, 1.165) is 22.1 Å². The Labute approximate surface area is 153 Å². The Morgan fingerprint density at radius 1 is 0.840 bits per heavy atom. The van der Waals surface area contributed by atoms with Crippen LogP contribution in [0.2, 0.25) is 5.02 Å². The molecule has 25 heavy (non-hydrogen) atoms. The van der Waals surface area contributed by atoms with Gasteiger partial charge in [-0.3, -0.25) is 0 Å². The summed E-state index contributed by atoms with van der Waals surface area (Å²) in [5.74, 6) is 1.43. The SMILES string of the molecule is Cc1cccc(CNc2nc(C)cc(NCc3ccc(Cl)cc3)n2)c1. The van der Waals surface area contributed by atoms with Crippen molar-refractivity contribution in [1.29, 1.82) is 0 Å². The molecule has 2 aromatic carbocycles. The van der Waals surface area contributed by atoms with E-state index in [9.17, 15) is 0 Å². The first kappa shape index (κ1) is 17.2. The van der Waals surface area contributed by atoms with Crippen molar-refractivity contribution in [2.45, 2.75) is 26.9 Å². The number of aromatic nitrogens is 2. The molecule has 0 saturated heterocycles. The van der Waals surface area contributed by atoms with Gasteiger partial charge in [-0.05, 0) is 37.1 Å². The molecule has 0 atom stereocenters. The van der Waals surface area contributed by atoms with E-state index >= 15 is 0 Å². The van der Waals surface area contributed by atoms with E-state index in [0.29, 0.717) is 19.0 Å². The van der Waals surface area contributed by atoms with E-state index in [1.165, 1.54) is 11.1 Å². The third-order valence-electron chi connectivity index (χ3n) is 3.77. The number of hydrogen-bond donors (Lipinski definition) is 2. The highest BCUT2D eigenvalue weighted by Gasteiger charge is 2.03. The summed E-state index contributed by atoms with van der Waals surface area (Å²) in [6.07, 6.45) is 0. The molecule has 128 valence electrons. The summed E-state index contributed by atoms with van der Waals surface area (Å²) in [6, 6.07) is 18.1. The van der Waals surface area contributed by atoms with Crippen molar-refractivity contribution in [2.75, 3.05) is 10.6 Å². The summed E-state index contributed by atoms with van der Waals surface area (Å²) in [5.41, 5.74) is 4.52. The average Bonchev–Trinajstić information content (AvgIpc) is 2.59. The number of anilines is 2. The number of nitrogens with zero attached hydrogens (tertiary/aromatic N) is 2. The van der Waals surface area contributed by atoms with Crippen LogP contribution in [0.3, 0.4) is 0 Å². The molecule has 0 unspecified atom stereocenters. The Hall–Kier alpha value is -2.59. The summed E-state index contributed by atoms with van der Waals surface area (Å²) < 4.78 is 0. The molecular formula is C20H21ClN4. The van der Waals surface area contributed by atoms with Crippen molar-refractivity contribution < 1.29 is 0 Å². The van der Waals surface area contributed by atoms with E-state index in [4.69, 9.17) is 11.6 Å². The molecule has 0 amide bonds. The average molecular weight is 353 g/mol. The van der Waals surface area contributed by atoms with Crippen molar-refractivity contribution >= 4 is 23.4 Å². The molecule has 3 aromatic rings. The largest absolute Gasteiger partial charge is 0.366 e. The van der Waals surface area contributed by atoms with E-state index in [-0.39, 0.29) is 0 Å². The smallest absolute Gasteiger partial charge is 0.225 e. The quantitative estimate of drug-likeness (QED) is 0.657. The fourth-order valence-corrected chi connectivity index (χ4v) is 2.66. The summed E-state index contributed by atoms with van der Waals surface area (Å²) in [7, 11) is 0.